The van der Waals surface area contributed by atoms with E-state index in [1.165, 1.54) is 0 Å². The molecule has 0 amide bonds. The molecule has 16 heavy (non-hydrogen) atoms. The van der Waals surface area contributed by atoms with Crippen LogP contribution in [0.5, 0.6) is 0 Å². The third kappa shape index (κ3) is 2.00. The first-order valence-electron chi connectivity index (χ1n) is 5.72. The topological polar surface area (TPSA) is 43.1 Å². The van der Waals surface area contributed by atoms with Crippen LogP contribution in [0.2, 0.25) is 5.02 Å². The first-order chi connectivity index (χ1) is 7.64. The zero-order chi connectivity index (χ0) is 11.6. The van der Waals surface area contributed by atoms with Crippen LogP contribution in [0, 0.1) is 0 Å². The van der Waals surface area contributed by atoms with Gasteiger partial charge in [0.25, 0.3) is 0 Å². The lowest BCUT2D eigenvalue weighted by atomic mass is 9.83. The molecule has 2 nitrogen and oxygen atoms in total. The van der Waals surface area contributed by atoms with Crippen molar-refractivity contribution in [1.82, 2.24) is 0 Å². The molecular weight excluding hydrogens is 222 g/mol. The Morgan fingerprint density at radius 3 is 2.69 bits per heavy atom. The van der Waals surface area contributed by atoms with Gasteiger partial charge in [0, 0.05) is 11.4 Å². The highest BCUT2D eigenvalue weighted by Crippen LogP contribution is 2.34. The summed E-state index contributed by atoms with van der Waals surface area (Å²) in [5.41, 5.74) is 6.21. The summed E-state index contributed by atoms with van der Waals surface area (Å²) in [5, 5.41) is 0.597. The Morgan fingerprint density at radius 2 is 1.94 bits per heavy atom. The molecule has 1 aromatic carbocycles. The van der Waals surface area contributed by atoms with Gasteiger partial charge in [-0.1, -0.05) is 42.6 Å². The molecule has 2 N–H and O–H groups in total. The molecule has 1 fully saturated rings. The lowest BCUT2D eigenvalue weighted by Crippen LogP contribution is -2.44. The molecule has 1 unspecified atom stereocenters. The predicted molar refractivity (Wildman–Crippen MR) is 65.4 cm³/mol. The number of ketones is 1. The number of benzene rings is 1. The number of halogens is 1. The maximum atomic E-state index is 12.1. The lowest BCUT2D eigenvalue weighted by Gasteiger charge is -2.27. The smallest absolute Gasteiger partial charge is 0.157 e. The van der Waals surface area contributed by atoms with Crippen LogP contribution in [-0.4, -0.2) is 5.78 Å². The number of rotatable bonds is 1. The molecule has 3 heteroatoms. The van der Waals surface area contributed by atoms with E-state index < -0.39 is 5.54 Å². The number of carbonyl (C=O) groups is 1. The Morgan fingerprint density at radius 1 is 1.19 bits per heavy atom. The molecule has 1 atom stereocenters. The van der Waals surface area contributed by atoms with Crippen LogP contribution in [0.4, 0.5) is 0 Å². The fraction of sp³-hybridized carbons (Fsp3) is 0.462. The summed E-state index contributed by atoms with van der Waals surface area (Å²) in [4.78, 5) is 12.1. The monoisotopic (exact) mass is 237 g/mol. The second-order valence-electron chi connectivity index (χ2n) is 4.44. The predicted octanol–water partition coefficient (Wildman–Crippen LogP) is 3.03. The Hall–Kier alpha value is -0.860. The van der Waals surface area contributed by atoms with E-state index in [2.05, 4.69) is 0 Å². The van der Waals surface area contributed by atoms with Crippen molar-refractivity contribution in [3.05, 3.63) is 34.9 Å². The summed E-state index contributed by atoms with van der Waals surface area (Å²) in [5.74, 6) is 0.123. The SMILES string of the molecule is NC1(c2ccccc2Cl)CCCCCC1=O. The minimum atomic E-state index is -0.866. The summed E-state index contributed by atoms with van der Waals surface area (Å²) in [6.07, 6.45) is 4.29. The van der Waals surface area contributed by atoms with Crippen LogP contribution in [0.15, 0.2) is 24.3 Å². The van der Waals surface area contributed by atoms with E-state index in [9.17, 15) is 4.79 Å². The summed E-state index contributed by atoms with van der Waals surface area (Å²) < 4.78 is 0. The zero-order valence-corrected chi connectivity index (χ0v) is 9.96. The van der Waals surface area contributed by atoms with Crippen LogP contribution < -0.4 is 5.73 Å². The Labute approximate surface area is 101 Å². The van der Waals surface area contributed by atoms with E-state index in [-0.39, 0.29) is 5.78 Å². The van der Waals surface area contributed by atoms with Gasteiger partial charge in [-0.2, -0.15) is 0 Å². The van der Waals surface area contributed by atoms with Gasteiger partial charge in [-0.15, -0.1) is 0 Å². The molecule has 0 saturated heterocycles. The van der Waals surface area contributed by atoms with Gasteiger partial charge >= 0.3 is 0 Å². The summed E-state index contributed by atoms with van der Waals surface area (Å²) >= 11 is 6.13. The number of hydrogen-bond acceptors (Lipinski definition) is 2. The van der Waals surface area contributed by atoms with Crippen LogP contribution in [0.25, 0.3) is 0 Å². The van der Waals surface area contributed by atoms with E-state index in [0.717, 1.165) is 24.8 Å². The zero-order valence-electron chi connectivity index (χ0n) is 9.21. The van der Waals surface area contributed by atoms with Crippen molar-refractivity contribution in [1.29, 1.82) is 0 Å². The van der Waals surface area contributed by atoms with Crippen molar-refractivity contribution in [2.75, 3.05) is 0 Å². The minimum Gasteiger partial charge on any atom is -0.315 e. The quantitative estimate of drug-likeness (QED) is 0.763. The largest absolute Gasteiger partial charge is 0.315 e. The maximum absolute atomic E-state index is 12.1. The lowest BCUT2D eigenvalue weighted by molar-refractivity contribution is -0.124. The van der Waals surface area contributed by atoms with E-state index >= 15 is 0 Å². The Kier molecular flexibility index (Phi) is 3.31. The summed E-state index contributed by atoms with van der Waals surface area (Å²) in [6.45, 7) is 0. The van der Waals surface area contributed by atoms with E-state index in [1.54, 1.807) is 6.07 Å². The van der Waals surface area contributed by atoms with Crippen molar-refractivity contribution in [3.8, 4) is 0 Å². The first-order valence-corrected chi connectivity index (χ1v) is 6.09. The molecule has 0 bridgehead atoms. The van der Waals surface area contributed by atoms with Crippen molar-refractivity contribution in [2.24, 2.45) is 5.73 Å². The van der Waals surface area contributed by atoms with Gasteiger partial charge in [-0.25, -0.2) is 0 Å². The molecule has 1 aromatic rings. The minimum absolute atomic E-state index is 0.123. The molecule has 1 saturated carbocycles. The van der Waals surface area contributed by atoms with Crippen LogP contribution >= 0.6 is 11.6 Å². The fourth-order valence-corrected chi connectivity index (χ4v) is 2.64. The van der Waals surface area contributed by atoms with E-state index in [4.69, 9.17) is 17.3 Å². The molecule has 0 aliphatic heterocycles. The van der Waals surface area contributed by atoms with Gasteiger partial charge in [0.05, 0.1) is 0 Å². The molecule has 1 aliphatic carbocycles. The molecule has 0 spiro atoms. The van der Waals surface area contributed by atoms with Gasteiger partial charge < -0.3 is 5.73 Å². The van der Waals surface area contributed by atoms with Crippen molar-refractivity contribution < 1.29 is 4.79 Å². The number of Topliss-reactive ketones (excluding diaryl/α,β-unsaturated/α-hetero) is 1. The van der Waals surface area contributed by atoms with Crippen LogP contribution in [-0.2, 0) is 10.3 Å². The standard InChI is InChI=1S/C13H16ClNO/c14-11-7-4-3-6-10(11)13(15)9-5-1-2-8-12(13)16/h3-4,6-7H,1-2,5,8-9,15H2. The third-order valence-electron chi connectivity index (χ3n) is 3.33. The molecule has 0 heterocycles. The average Bonchev–Trinajstić information content (AvgIpc) is 2.43. The van der Waals surface area contributed by atoms with Crippen molar-refractivity contribution >= 4 is 17.4 Å². The van der Waals surface area contributed by atoms with Gasteiger partial charge in [-0.05, 0) is 24.5 Å². The Balaban J connectivity index is 2.43. The van der Waals surface area contributed by atoms with Gasteiger partial charge in [0.2, 0.25) is 0 Å². The highest BCUT2D eigenvalue weighted by atomic mass is 35.5. The first kappa shape index (κ1) is 11.6. The fourth-order valence-electron chi connectivity index (χ4n) is 2.34. The Bertz CT molecular complexity index is 405. The second-order valence-corrected chi connectivity index (χ2v) is 4.84. The normalized spacial score (nSPS) is 26.5. The van der Waals surface area contributed by atoms with Crippen molar-refractivity contribution in [2.45, 2.75) is 37.6 Å². The highest BCUT2D eigenvalue weighted by molar-refractivity contribution is 6.31. The summed E-state index contributed by atoms with van der Waals surface area (Å²) in [7, 11) is 0. The molecule has 1 aliphatic rings. The van der Waals surface area contributed by atoms with Crippen molar-refractivity contribution in [3.63, 3.8) is 0 Å². The number of hydrogen-bond donors (Lipinski definition) is 1. The highest BCUT2D eigenvalue weighted by Gasteiger charge is 2.37. The molecule has 2 rings (SSSR count). The second kappa shape index (κ2) is 4.56. The number of nitrogens with two attached hydrogens (primary N) is 1. The third-order valence-corrected chi connectivity index (χ3v) is 3.66. The van der Waals surface area contributed by atoms with E-state index in [1.807, 2.05) is 18.2 Å². The summed E-state index contributed by atoms with van der Waals surface area (Å²) in [6, 6.07) is 7.40. The van der Waals surface area contributed by atoms with Crippen LogP contribution in [0.3, 0.4) is 0 Å². The van der Waals surface area contributed by atoms with Gasteiger partial charge in [-0.3, -0.25) is 4.79 Å². The van der Waals surface area contributed by atoms with Gasteiger partial charge in [0.15, 0.2) is 5.78 Å². The molecular formula is C13H16ClNO. The van der Waals surface area contributed by atoms with E-state index in [0.29, 0.717) is 17.9 Å². The van der Waals surface area contributed by atoms with Crippen LogP contribution in [0.1, 0.15) is 37.7 Å². The molecule has 0 radical (unpaired) electrons. The average molecular weight is 238 g/mol. The maximum Gasteiger partial charge on any atom is 0.157 e. The number of carbonyl (C=O) groups excluding carboxylic acids is 1. The molecule has 0 aromatic heterocycles. The van der Waals surface area contributed by atoms with Gasteiger partial charge in [0.1, 0.15) is 5.54 Å². The molecule has 86 valence electrons.